The van der Waals surface area contributed by atoms with Gasteiger partial charge in [0.15, 0.2) is 0 Å². The van der Waals surface area contributed by atoms with Crippen LogP contribution in [0.4, 0.5) is 13.2 Å². The molecule has 0 saturated heterocycles. The van der Waals surface area contributed by atoms with Crippen LogP contribution in [0.3, 0.4) is 0 Å². The molecule has 0 radical (unpaired) electrons. The molecule has 0 aliphatic carbocycles. The molecule has 1 rings (SSSR count). The number of ether oxygens (including phenoxy) is 1. The van der Waals surface area contributed by atoms with Crippen molar-refractivity contribution in [3.8, 4) is 0 Å². The Hall–Kier alpha value is -1.85. The lowest BCUT2D eigenvalue weighted by molar-refractivity contribution is -0.166. The van der Waals surface area contributed by atoms with Crippen molar-refractivity contribution in [2.24, 2.45) is 0 Å². The molecule has 0 aromatic carbocycles. The first kappa shape index (κ1) is 18.2. The van der Waals surface area contributed by atoms with Gasteiger partial charge >= 0.3 is 11.9 Å². The Morgan fingerprint density at radius 2 is 2.05 bits per heavy atom. The van der Waals surface area contributed by atoms with Crippen LogP contribution >= 0.6 is 0 Å². The highest BCUT2D eigenvalue weighted by atomic mass is 19.3. The van der Waals surface area contributed by atoms with Gasteiger partial charge in [-0.2, -0.15) is 8.78 Å². The summed E-state index contributed by atoms with van der Waals surface area (Å²) in [7, 11) is 0. The van der Waals surface area contributed by atoms with E-state index in [1.807, 2.05) is 0 Å². The molecular formula is C16H20F3NO2. The maximum Gasteiger partial charge on any atom is 0.381 e. The molecule has 0 aliphatic heterocycles. The number of rotatable bonds is 7. The lowest BCUT2D eigenvalue weighted by Crippen LogP contribution is -2.33. The summed E-state index contributed by atoms with van der Waals surface area (Å²) in [5.41, 5.74) is -1.68. The molecule has 0 bridgehead atoms. The van der Waals surface area contributed by atoms with Crippen molar-refractivity contribution in [2.45, 2.75) is 45.2 Å². The second-order valence-corrected chi connectivity index (χ2v) is 5.47. The molecule has 6 heteroatoms. The summed E-state index contributed by atoms with van der Waals surface area (Å²) >= 11 is 0. The van der Waals surface area contributed by atoms with E-state index in [-0.39, 0.29) is 19.4 Å². The first-order valence-corrected chi connectivity index (χ1v) is 7.02. The number of halogens is 3. The zero-order valence-electron chi connectivity index (χ0n) is 12.9. The van der Waals surface area contributed by atoms with Crippen LogP contribution in [-0.4, -0.2) is 29.2 Å². The second kappa shape index (κ2) is 7.42. The van der Waals surface area contributed by atoms with Gasteiger partial charge in [-0.15, -0.1) is 0 Å². The molecule has 1 aromatic rings. The summed E-state index contributed by atoms with van der Waals surface area (Å²) in [5.74, 6) is -5.42. The molecule has 1 aromatic heterocycles. The van der Waals surface area contributed by atoms with Crippen molar-refractivity contribution >= 4 is 12.0 Å². The highest BCUT2D eigenvalue weighted by Gasteiger charge is 2.44. The lowest BCUT2D eigenvalue weighted by Gasteiger charge is -2.21. The third kappa shape index (κ3) is 5.50. The Morgan fingerprint density at radius 3 is 2.55 bits per heavy atom. The van der Waals surface area contributed by atoms with Crippen LogP contribution in [0.1, 0.15) is 39.2 Å². The summed E-state index contributed by atoms with van der Waals surface area (Å²) in [6, 6.07) is 3.17. The van der Waals surface area contributed by atoms with E-state index in [0.29, 0.717) is 5.56 Å². The Bertz CT molecular complexity index is 522. The zero-order chi connectivity index (χ0) is 16.8. The average Bonchev–Trinajstić information content (AvgIpc) is 2.43. The minimum Gasteiger partial charge on any atom is -0.461 e. The summed E-state index contributed by atoms with van der Waals surface area (Å²) in [4.78, 5) is 15.3. The number of nitrogens with zero attached hydrogens (tertiary/aromatic N) is 1. The van der Waals surface area contributed by atoms with Gasteiger partial charge in [0.25, 0.3) is 0 Å². The average molecular weight is 315 g/mol. The number of carbonyl (C=O) groups excluding carboxylic acids is 1. The summed E-state index contributed by atoms with van der Waals surface area (Å²) in [6.07, 6.45) is 3.67. The fourth-order valence-electron chi connectivity index (χ4n) is 1.77. The Balaban J connectivity index is 3.10. The third-order valence-corrected chi connectivity index (χ3v) is 2.95. The first-order chi connectivity index (χ1) is 10.2. The van der Waals surface area contributed by atoms with Crippen molar-refractivity contribution < 1.29 is 22.7 Å². The fourth-order valence-corrected chi connectivity index (χ4v) is 1.77. The van der Waals surface area contributed by atoms with Gasteiger partial charge in [0.1, 0.15) is 5.67 Å². The summed E-state index contributed by atoms with van der Waals surface area (Å²) in [5, 5.41) is 0. The molecular weight excluding hydrogens is 295 g/mol. The highest BCUT2D eigenvalue weighted by Crippen LogP contribution is 2.33. The van der Waals surface area contributed by atoms with Gasteiger partial charge in [0, 0.05) is 18.0 Å². The van der Waals surface area contributed by atoms with Crippen molar-refractivity contribution in [3.05, 3.63) is 35.7 Å². The van der Waals surface area contributed by atoms with Crippen molar-refractivity contribution in [2.75, 3.05) is 6.61 Å². The molecule has 122 valence electrons. The van der Waals surface area contributed by atoms with E-state index in [1.165, 1.54) is 33.2 Å². The highest BCUT2D eigenvalue weighted by molar-refractivity contribution is 5.83. The number of esters is 1. The van der Waals surface area contributed by atoms with E-state index in [2.05, 4.69) is 9.72 Å². The molecule has 0 aliphatic rings. The van der Waals surface area contributed by atoms with Crippen molar-refractivity contribution in [3.63, 3.8) is 0 Å². The predicted molar refractivity (Wildman–Crippen MR) is 78.2 cm³/mol. The van der Waals surface area contributed by atoms with Gasteiger partial charge in [0.2, 0.25) is 0 Å². The van der Waals surface area contributed by atoms with Gasteiger partial charge in [-0.1, -0.05) is 6.07 Å². The van der Waals surface area contributed by atoms with E-state index in [4.69, 9.17) is 0 Å². The number of carbonyl (C=O) groups is 1. The maximum absolute atomic E-state index is 14.2. The second-order valence-electron chi connectivity index (χ2n) is 5.47. The van der Waals surface area contributed by atoms with Gasteiger partial charge in [-0.05, 0) is 51.3 Å². The van der Waals surface area contributed by atoms with Gasteiger partial charge in [-0.25, -0.2) is 9.18 Å². The van der Waals surface area contributed by atoms with Crippen LogP contribution in [-0.2, 0) is 9.53 Å². The molecule has 0 fully saturated rings. The monoisotopic (exact) mass is 315 g/mol. The number of alkyl halides is 3. The summed E-state index contributed by atoms with van der Waals surface area (Å²) < 4.78 is 46.5. The molecule has 0 unspecified atom stereocenters. The molecule has 0 saturated carbocycles. The molecule has 0 atom stereocenters. The van der Waals surface area contributed by atoms with Crippen LogP contribution in [0.2, 0.25) is 0 Å². The lowest BCUT2D eigenvalue weighted by atomic mass is 9.95. The Kier molecular flexibility index (Phi) is 6.14. The molecule has 0 amide bonds. The maximum atomic E-state index is 14.2. The predicted octanol–water partition coefficient (Wildman–Crippen LogP) is 4.19. The number of aromatic nitrogens is 1. The molecule has 3 nitrogen and oxygen atoms in total. The molecule has 0 N–H and O–H groups in total. The quantitative estimate of drug-likeness (QED) is 0.708. The van der Waals surface area contributed by atoms with Crippen LogP contribution in [0.5, 0.6) is 0 Å². The first-order valence-electron chi connectivity index (χ1n) is 7.02. The molecule has 0 spiro atoms. The van der Waals surface area contributed by atoms with Crippen LogP contribution in [0.15, 0.2) is 30.1 Å². The van der Waals surface area contributed by atoms with Gasteiger partial charge in [0.05, 0.1) is 6.61 Å². The SMILES string of the molecule is CCOC(=O)C(F)(F)/C(=C\c1cccnc1)CCC(C)(C)F. The number of pyridine rings is 1. The van der Waals surface area contributed by atoms with Crippen molar-refractivity contribution in [1.29, 1.82) is 0 Å². The summed E-state index contributed by atoms with van der Waals surface area (Å²) in [6.45, 7) is 3.90. The van der Waals surface area contributed by atoms with Crippen LogP contribution < -0.4 is 0 Å². The Labute approximate surface area is 128 Å². The van der Waals surface area contributed by atoms with Crippen molar-refractivity contribution in [1.82, 2.24) is 4.98 Å². The standard InChI is InChI=1S/C16H20F3NO2/c1-4-22-14(21)16(18,19)13(7-8-15(2,3)17)10-12-6-5-9-20-11-12/h5-6,9-11H,4,7-8H2,1-3H3/b13-10-. The van der Waals surface area contributed by atoms with Gasteiger partial charge < -0.3 is 4.74 Å². The third-order valence-electron chi connectivity index (χ3n) is 2.95. The number of hydrogen-bond acceptors (Lipinski definition) is 3. The van der Waals surface area contributed by atoms with E-state index < -0.39 is 23.1 Å². The van der Waals surface area contributed by atoms with E-state index >= 15 is 0 Å². The zero-order valence-corrected chi connectivity index (χ0v) is 12.9. The normalized spacial score (nSPS) is 13.1. The van der Waals surface area contributed by atoms with E-state index in [1.54, 1.807) is 12.1 Å². The van der Waals surface area contributed by atoms with E-state index in [9.17, 15) is 18.0 Å². The largest absolute Gasteiger partial charge is 0.461 e. The Morgan fingerprint density at radius 1 is 1.36 bits per heavy atom. The van der Waals surface area contributed by atoms with E-state index in [0.717, 1.165) is 6.08 Å². The molecule has 1 heterocycles. The fraction of sp³-hybridized carbons (Fsp3) is 0.500. The van der Waals surface area contributed by atoms with Gasteiger partial charge in [-0.3, -0.25) is 4.98 Å². The van der Waals surface area contributed by atoms with Crippen LogP contribution in [0, 0.1) is 0 Å². The molecule has 22 heavy (non-hydrogen) atoms. The minimum atomic E-state index is -3.79. The topological polar surface area (TPSA) is 39.2 Å². The van der Waals surface area contributed by atoms with Crippen LogP contribution in [0.25, 0.3) is 6.08 Å². The minimum absolute atomic E-state index is 0.131. The smallest absolute Gasteiger partial charge is 0.381 e. The number of hydrogen-bond donors (Lipinski definition) is 0.